The van der Waals surface area contributed by atoms with Gasteiger partial charge in [-0.15, -0.1) is 0 Å². The van der Waals surface area contributed by atoms with Crippen LogP contribution in [0.25, 0.3) is 0 Å². The molecule has 0 unspecified atom stereocenters. The Morgan fingerprint density at radius 1 is 1.15 bits per heavy atom. The molecule has 0 atom stereocenters. The molecule has 1 N–H and O–H groups in total. The molecule has 1 heterocycles. The summed E-state index contributed by atoms with van der Waals surface area (Å²) in [6, 6.07) is 0.757. The van der Waals surface area contributed by atoms with Crippen LogP contribution in [0.15, 0.2) is 4.99 Å². The number of nitrogens with one attached hydrogen (secondary N) is 1. The first kappa shape index (κ1) is 9.54. The molecular weight excluding hydrogens is 227 g/mol. The Morgan fingerprint density at radius 3 is 2.69 bits per heavy atom. The summed E-state index contributed by atoms with van der Waals surface area (Å²) in [4.78, 5) is 4.56. The van der Waals surface area contributed by atoms with Gasteiger partial charge in [-0.25, -0.2) is 0 Å². The molecule has 0 aromatic rings. The van der Waals surface area contributed by atoms with Gasteiger partial charge >= 0.3 is 86.4 Å². The number of nitrogens with zero attached hydrogens (tertiary/aromatic N) is 1. The van der Waals surface area contributed by atoms with E-state index < -0.39 is 0 Å². The molecule has 1 aliphatic heterocycles. The van der Waals surface area contributed by atoms with Crippen molar-refractivity contribution in [1.82, 2.24) is 5.32 Å². The van der Waals surface area contributed by atoms with Gasteiger partial charge in [0.1, 0.15) is 0 Å². The number of amidine groups is 1. The van der Waals surface area contributed by atoms with Crippen LogP contribution < -0.4 is 5.32 Å². The van der Waals surface area contributed by atoms with Crippen LogP contribution in [0.1, 0.15) is 38.5 Å². The monoisotopic (exact) mass is 246 g/mol. The summed E-state index contributed by atoms with van der Waals surface area (Å²) >= 11 is 0.662. The fourth-order valence-corrected chi connectivity index (χ4v) is 3.86. The Bertz CT molecular complexity index is 185. The van der Waals surface area contributed by atoms with Gasteiger partial charge in [0, 0.05) is 0 Å². The molecule has 0 spiro atoms. The molecular formula is C10H18N2Se. The average Bonchev–Trinajstić information content (AvgIpc) is 2.21. The maximum absolute atomic E-state index is 4.56. The van der Waals surface area contributed by atoms with Gasteiger partial charge in [0.2, 0.25) is 0 Å². The predicted molar refractivity (Wildman–Crippen MR) is 57.5 cm³/mol. The average molecular weight is 245 g/mol. The number of hydrogen-bond donors (Lipinski definition) is 1. The third kappa shape index (κ3) is 2.99. The van der Waals surface area contributed by atoms with Crippen molar-refractivity contribution in [2.24, 2.45) is 4.99 Å². The molecule has 1 aliphatic carbocycles. The Labute approximate surface area is 86.7 Å². The second-order valence-corrected chi connectivity index (χ2v) is 6.14. The molecule has 3 heteroatoms. The van der Waals surface area contributed by atoms with Crippen molar-refractivity contribution >= 4 is 19.7 Å². The van der Waals surface area contributed by atoms with E-state index >= 15 is 0 Å². The Balaban J connectivity index is 1.78. The van der Waals surface area contributed by atoms with Crippen LogP contribution in [-0.4, -0.2) is 32.3 Å². The van der Waals surface area contributed by atoms with Crippen LogP contribution in [0.5, 0.6) is 0 Å². The first-order chi connectivity index (χ1) is 6.45. The van der Waals surface area contributed by atoms with E-state index in [4.69, 9.17) is 0 Å². The van der Waals surface area contributed by atoms with Crippen molar-refractivity contribution in [2.45, 2.75) is 49.9 Å². The van der Waals surface area contributed by atoms with Crippen molar-refractivity contribution in [3.8, 4) is 0 Å². The summed E-state index contributed by atoms with van der Waals surface area (Å²) in [6.45, 7) is 1.07. The Kier molecular flexibility index (Phi) is 3.68. The van der Waals surface area contributed by atoms with Crippen molar-refractivity contribution in [1.29, 1.82) is 0 Å². The van der Waals surface area contributed by atoms with Gasteiger partial charge in [0.15, 0.2) is 0 Å². The van der Waals surface area contributed by atoms with E-state index in [2.05, 4.69) is 10.3 Å². The third-order valence-corrected chi connectivity index (χ3v) is 4.86. The van der Waals surface area contributed by atoms with Crippen LogP contribution >= 0.6 is 0 Å². The summed E-state index contributed by atoms with van der Waals surface area (Å²) in [5.41, 5.74) is 0. The molecule has 0 amide bonds. The molecule has 2 aliphatic rings. The molecule has 0 aromatic heterocycles. The fraction of sp³-hybridized carbons (Fsp3) is 0.900. The second-order valence-electron chi connectivity index (χ2n) is 3.87. The molecule has 74 valence electrons. The molecule has 2 nitrogen and oxygen atoms in total. The normalized spacial score (nSPS) is 25.4. The summed E-state index contributed by atoms with van der Waals surface area (Å²) in [5.74, 6) is 0. The van der Waals surface area contributed by atoms with E-state index in [9.17, 15) is 0 Å². The Hall–Kier alpha value is -0.0105. The molecule has 0 aromatic carbocycles. The van der Waals surface area contributed by atoms with Gasteiger partial charge in [-0.1, -0.05) is 0 Å². The minimum absolute atomic E-state index is 0.662. The fourth-order valence-electron chi connectivity index (χ4n) is 1.97. The number of aliphatic imine (C=N–C) groups is 1. The SMILES string of the molecule is C1CCC(NC2=NCCC[Se]2)CC1. The van der Waals surface area contributed by atoms with Crippen molar-refractivity contribution in [2.75, 3.05) is 6.54 Å². The van der Waals surface area contributed by atoms with E-state index in [1.165, 1.54) is 48.6 Å². The summed E-state index contributed by atoms with van der Waals surface area (Å²) in [5, 5.41) is 5.03. The predicted octanol–water partition coefficient (Wildman–Crippen LogP) is 1.79. The molecule has 0 radical (unpaired) electrons. The van der Waals surface area contributed by atoms with Crippen LogP contribution in [0.3, 0.4) is 0 Å². The van der Waals surface area contributed by atoms with Crippen LogP contribution in [0.4, 0.5) is 0 Å². The molecule has 1 saturated carbocycles. The Morgan fingerprint density at radius 2 is 2.00 bits per heavy atom. The standard InChI is InChI=1S/C10H18N2Se/c1-2-5-9(6-3-1)12-10-11-7-4-8-13-10/h9H,1-8H2,(H,11,12). The van der Waals surface area contributed by atoms with Gasteiger partial charge in [0.25, 0.3) is 0 Å². The van der Waals surface area contributed by atoms with E-state index in [0.717, 1.165) is 12.6 Å². The molecule has 2 rings (SSSR count). The van der Waals surface area contributed by atoms with Crippen LogP contribution in [0, 0.1) is 0 Å². The first-order valence-electron chi connectivity index (χ1n) is 5.39. The zero-order valence-corrected chi connectivity index (χ0v) is 9.80. The number of rotatable bonds is 1. The summed E-state index contributed by atoms with van der Waals surface area (Å²) in [6.07, 6.45) is 8.33. The third-order valence-electron chi connectivity index (χ3n) is 2.73. The summed E-state index contributed by atoms with van der Waals surface area (Å²) < 4.78 is 1.35. The quantitative estimate of drug-likeness (QED) is 0.700. The first-order valence-corrected chi connectivity index (χ1v) is 7.46. The summed E-state index contributed by atoms with van der Waals surface area (Å²) in [7, 11) is 0. The van der Waals surface area contributed by atoms with Crippen molar-refractivity contribution in [3.63, 3.8) is 0 Å². The van der Waals surface area contributed by atoms with Gasteiger partial charge in [-0.05, 0) is 0 Å². The molecule has 0 saturated heterocycles. The van der Waals surface area contributed by atoms with Crippen LogP contribution in [-0.2, 0) is 0 Å². The van der Waals surface area contributed by atoms with E-state index in [-0.39, 0.29) is 0 Å². The zero-order chi connectivity index (χ0) is 8.93. The van der Waals surface area contributed by atoms with Gasteiger partial charge in [0.05, 0.1) is 0 Å². The molecule has 0 bridgehead atoms. The maximum atomic E-state index is 4.56. The van der Waals surface area contributed by atoms with E-state index in [0.29, 0.717) is 15.0 Å². The van der Waals surface area contributed by atoms with Gasteiger partial charge in [-0.3, -0.25) is 0 Å². The molecule has 1 fully saturated rings. The van der Waals surface area contributed by atoms with Gasteiger partial charge < -0.3 is 0 Å². The van der Waals surface area contributed by atoms with Crippen LogP contribution in [0.2, 0.25) is 5.32 Å². The van der Waals surface area contributed by atoms with Crippen molar-refractivity contribution in [3.05, 3.63) is 0 Å². The topological polar surface area (TPSA) is 24.4 Å². The van der Waals surface area contributed by atoms with E-state index in [1.54, 1.807) is 0 Å². The van der Waals surface area contributed by atoms with E-state index in [1.807, 2.05) is 0 Å². The van der Waals surface area contributed by atoms with Gasteiger partial charge in [-0.2, -0.15) is 0 Å². The van der Waals surface area contributed by atoms with Crippen molar-refractivity contribution < 1.29 is 0 Å². The minimum atomic E-state index is 0.662. The second kappa shape index (κ2) is 5.02. The zero-order valence-electron chi connectivity index (χ0n) is 8.09. The molecule has 13 heavy (non-hydrogen) atoms. The number of hydrogen-bond acceptors (Lipinski definition) is 2.